The Balaban J connectivity index is 1.40. The molecule has 1 fully saturated rings. The van der Waals surface area contributed by atoms with Crippen LogP contribution in [0, 0.1) is 5.92 Å². The number of amides is 2. The van der Waals surface area contributed by atoms with E-state index in [1.807, 2.05) is 0 Å². The molecule has 4 rings (SSSR count). The Morgan fingerprint density at radius 3 is 2.55 bits per heavy atom. The third-order valence-electron chi connectivity index (χ3n) is 5.06. The quantitative estimate of drug-likeness (QED) is 0.805. The molecular formula is C19H18F3N3O3S. The monoisotopic (exact) mass is 425 g/mol. The van der Waals surface area contributed by atoms with Crippen LogP contribution in [0.3, 0.4) is 0 Å². The van der Waals surface area contributed by atoms with E-state index in [0.717, 1.165) is 42.0 Å². The van der Waals surface area contributed by atoms with Crippen LogP contribution in [-0.4, -0.2) is 34.6 Å². The largest absolute Gasteiger partial charge is 0.573 e. The Kier molecular flexibility index (Phi) is 5.20. The summed E-state index contributed by atoms with van der Waals surface area (Å²) in [4.78, 5) is 31.8. The molecule has 154 valence electrons. The third-order valence-corrected chi connectivity index (χ3v) is 6.06. The van der Waals surface area contributed by atoms with Crippen LogP contribution in [-0.2, 0) is 17.8 Å². The smallest absolute Gasteiger partial charge is 0.406 e. The summed E-state index contributed by atoms with van der Waals surface area (Å²) >= 11 is 1.36. The molecule has 0 radical (unpaired) electrons. The van der Waals surface area contributed by atoms with Crippen molar-refractivity contribution in [2.45, 2.75) is 38.6 Å². The zero-order valence-electron chi connectivity index (χ0n) is 15.3. The van der Waals surface area contributed by atoms with Crippen molar-refractivity contribution in [3.05, 3.63) is 40.4 Å². The van der Waals surface area contributed by atoms with E-state index < -0.39 is 6.36 Å². The maximum atomic E-state index is 12.7. The number of benzene rings is 1. The van der Waals surface area contributed by atoms with Crippen molar-refractivity contribution in [2.75, 3.05) is 11.9 Å². The van der Waals surface area contributed by atoms with Crippen LogP contribution in [0.4, 0.5) is 18.3 Å². The van der Waals surface area contributed by atoms with Crippen LogP contribution in [0.25, 0.3) is 0 Å². The Morgan fingerprint density at radius 1 is 1.21 bits per heavy atom. The van der Waals surface area contributed by atoms with Gasteiger partial charge in [0.15, 0.2) is 5.13 Å². The zero-order chi connectivity index (χ0) is 20.6. The van der Waals surface area contributed by atoms with E-state index in [9.17, 15) is 22.8 Å². The summed E-state index contributed by atoms with van der Waals surface area (Å²) in [6.45, 7) is 0.804. The van der Waals surface area contributed by atoms with E-state index in [2.05, 4.69) is 15.0 Å². The van der Waals surface area contributed by atoms with Crippen molar-refractivity contribution in [1.29, 1.82) is 0 Å². The minimum atomic E-state index is -4.77. The van der Waals surface area contributed by atoms with Crippen molar-refractivity contribution < 1.29 is 27.5 Å². The highest BCUT2D eigenvalue weighted by Gasteiger charge is 2.31. The number of hydrogen-bond donors (Lipinski definition) is 1. The summed E-state index contributed by atoms with van der Waals surface area (Å²) in [6, 6.07) is 4.87. The second-order valence-corrected chi connectivity index (χ2v) is 8.14. The van der Waals surface area contributed by atoms with Gasteiger partial charge in [0.2, 0.25) is 5.91 Å². The standard InChI is InChI=1S/C19H18F3N3O3S/c20-19(21,22)28-13-6-4-12(5-7-13)17(27)25-9-8-14-15(10-25)29-18(23-14)24-16(26)11-2-1-3-11/h4-7,11H,1-3,8-10H2,(H,23,24,26). The fourth-order valence-electron chi connectivity index (χ4n) is 3.28. The van der Waals surface area contributed by atoms with Crippen molar-refractivity contribution in [3.8, 4) is 5.75 Å². The van der Waals surface area contributed by atoms with Crippen LogP contribution in [0.1, 0.15) is 40.2 Å². The van der Waals surface area contributed by atoms with Gasteiger partial charge in [-0.3, -0.25) is 9.59 Å². The number of anilines is 1. The van der Waals surface area contributed by atoms with Gasteiger partial charge in [-0.2, -0.15) is 0 Å². The molecule has 1 N–H and O–H groups in total. The van der Waals surface area contributed by atoms with Crippen molar-refractivity contribution in [2.24, 2.45) is 5.92 Å². The lowest BCUT2D eigenvalue weighted by Crippen LogP contribution is -2.35. The molecule has 2 aromatic rings. The molecule has 0 bridgehead atoms. The highest BCUT2D eigenvalue weighted by molar-refractivity contribution is 7.15. The molecule has 1 aliphatic carbocycles. The SMILES string of the molecule is O=C(Nc1nc2c(s1)CN(C(=O)c1ccc(OC(F)(F)F)cc1)CC2)C1CCC1. The summed E-state index contributed by atoms with van der Waals surface area (Å²) in [6.07, 6.45) is -1.32. The van der Waals surface area contributed by atoms with E-state index in [0.29, 0.717) is 24.6 Å². The van der Waals surface area contributed by atoms with Crippen LogP contribution in [0.15, 0.2) is 24.3 Å². The normalized spacial score (nSPS) is 16.7. The molecule has 1 saturated carbocycles. The number of fused-ring (bicyclic) bond motifs is 1. The lowest BCUT2D eigenvalue weighted by molar-refractivity contribution is -0.274. The van der Waals surface area contributed by atoms with Crippen molar-refractivity contribution in [3.63, 3.8) is 0 Å². The summed E-state index contributed by atoms with van der Waals surface area (Å²) in [5, 5.41) is 3.41. The number of thiazole rings is 1. The van der Waals surface area contributed by atoms with Gasteiger partial charge in [0, 0.05) is 29.3 Å². The van der Waals surface area contributed by atoms with Crippen LogP contribution in [0.2, 0.25) is 0 Å². The van der Waals surface area contributed by atoms with Crippen LogP contribution in [0.5, 0.6) is 5.75 Å². The summed E-state index contributed by atoms with van der Waals surface area (Å²) in [5.41, 5.74) is 1.16. The van der Waals surface area contributed by atoms with E-state index in [-0.39, 0.29) is 29.0 Å². The molecule has 2 aliphatic rings. The van der Waals surface area contributed by atoms with Gasteiger partial charge in [0.25, 0.3) is 5.91 Å². The predicted molar refractivity (Wildman–Crippen MR) is 99.7 cm³/mol. The Bertz CT molecular complexity index is 923. The van der Waals surface area contributed by atoms with Gasteiger partial charge in [0.05, 0.1) is 12.2 Å². The minimum absolute atomic E-state index is 0.00329. The number of aromatic nitrogens is 1. The summed E-state index contributed by atoms with van der Waals surface area (Å²) < 4.78 is 40.6. The van der Waals surface area contributed by atoms with Gasteiger partial charge < -0.3 is 15.0 Å². The van der Waals surface area contributed by atoms with Gasteiger partial charge >= 0.3 is 6.36 Å². The second-order valence-electron chi connectivity index (χ2n) is 7.05. The lowest BCUT2D eigenvalue weighted by Gasteiger charge is -2.26. The first kappa shape index (κ1) is 19.7. The maximum Gasteiger partial charge on any atom is 0.573 e. The molecule has 6 nitrogen and oxygen atoms in total. The topological polar surface area (TPSA) is 71.5 Å². The molecule has 2 heterocycles. The fraction of sp³-hybridized carbons (Fsp3) is 0.421. The number of rotatable bonds is 4. The summed E-state index contributed by atoms with van der Waals surface area (Å²) in [7, 11) is 0. The molecule has 29 heavy (non-hydrogen) atoms. The lowest BCUT2D eigenvalue weighted by atomic mass is 9.85. The average Bonchev–Trinajstić information content (AvgIpc) is 3.00. The average molecular weight is 425 g/mol. The molecule has 1 aromatic heterocycles. The second kappa shape index (κ2) is 7.66. The van der Waals surface area contributed by atoms with Gasteiger partial charge in [0.1, 0.15) is 5.75 Å². The first-order valence-electron chi connectivity index (χ1n) is 9.23. The van der Waals surface area contributed by atoms with Crippen molar-refractivity contribution in [1.82, 2.24) is 9.88 Å². The number of nitrogens with one attached hydrogen (secondary N) is 1. The number of carbonyl (C=O) groups excluding carboxylic acids is 2. The first-order valence-corrected chi connectivity index (χ1v) is 10.0. The zero-order valence-corrected chi connectivity index (χ0v) is 16.1. The molecule has 0 atom stereocenters. The molecule has 0 saturated heterocycles. The maximum absolute atomic E-state index is 12.7. The number of ether oxygens (including phenoxy) is 1. The molecular weight excluding hydrogens is 407 g/mol. The number of nitrogens with zero attached hydrogens (tertiary/aromatic N) is 2. The van der Waals surface area contributed by atoms with Crippen molar-refractivity contribution >= 4 is 28.3 Å². The van der Waals surface area contributed by atoms with E-state index in [4.69, 9.17) is 0 Å². The van der Waals surface area contributed by atoms with Crippen LogP contribution >= 0.6 is 11.3 Å². The Labute approximate surface area is 168 Å². The molecule has 1 aliphatic heterocycles. The van der Waals surface area contributed by atoms with Gasteiger partial charge in [-0.25, -0.2) is 4.98 Å². The fourth-order valence-corrected chi connectivity index (χ4v) is 4.31. The molecule has 0 spiro atoms. The minimum Gasteiger partial charge on any atom is -0.406 e. The molecule has 10 heteroatoms. The van der Waals surface area contributed by atoms with Gasteiger partial charge in [-0.1, -0.05) is 17.8 Å². The molecule has 2 amide bonds. The summed E-state index contributed by atoms with van der Waals surface area (Å²) in [5.74, 6) is -0.582. The first-order chi connectivity index (χ1) is 13.8. The predicted octanol–water partition coefficient (Wildman–Crippen LogP) is 3.98. The molecule has 0 unspecified atom stereocenters. The van der Waals surface area contributed by atoms with E-state index in [1.165, 1.54) is 23.5 Å². The van der Waals surface area contributed by atoms with E-state index in [1.54, 1.807) is 4.90 Å². The highest BCUT2D eigenvalue weighted by atomic mass is 32.1. The third kappa shape index (κ3) is 4.52. The van der Waals surface area contributed by atoms with Gasteiger partial charge in [-0.15, -0.1) is 13.2 Å². The van der Waals surface area contributed by atoms with Gasteiger partial charge in [-0.05, 0) is 37.1 Å². The number of alkyl halides is 3. The molecule has 1 aromatic carbocycles. The Morgan fingerprint density at radius 2 is 1.93 bits per heavy atom. The number of hydrogen-bond acceptors (Lipinski definition) is 5. The van der Waals surface area contributed by atoms with Crippen LogP contribution < -0.4 is 10.1 Å². The number of halogens is 3. The highest BCUT2D eigenvalue weighted by Crippen LogP contribution is 2.32. The number of carbonyl (C=O) groups is 2. The van der Waals surface area contributed by atoms with E-state index >= 15 is 0 Å². The Hall–Kier alpha value is -2.62.